The van der Waals surface area contributed by atoms with Gasteiger partial charge in [-0.2, -0.15) is 0 Å². The fraction of sp³-hybridized carbons (Fsp3) is 0.667. The van der Waals surface area contributed by atoms with Gasteiger partial charge in [0.2, 0.25) is 5.91 Å². The lowest BCUT2D eigenvalue weighted by Crippen LogP contribution is -2.52. The molecule has 6 heteroatoms. The zero-order valence-electron chi connectivity index (χ0n) is 16.4. The van der Waals surface area contributed by atoms with Crippen molar-refractivity contribution in [2.45, 2.75) is 57.2 Å². The van der Waals surface area contributed by atoms with Crippen molar-refractivity contribution in [3.8, 4) is 17.2 Å². The minimum atomic E-state index is -0.693. The first kappa shape index (κ1) is 19.8. The maximum Gasteiger partial charge on any atom is 0.225 e. The van der Waals surface area contributed by atoms with Crippen LogP contribution in [0.15, 0.2) is 18.2 Å². The van der Waals surface area contributed by atoms with Gasteiger partial charge >= 0.3 is 0 Å². The van der Waals surface area contributed by atoms with E-state index < -0.39 is 6.10 Å². The lowest BCUT2D eigenvalue weighted by Gasteiger charge is -2.37. The summed E-state index contributed by atoms with van der Waals surface area (Å²) >= 11 is 0. The van der Waals surface area contributed by atoms with E-state index in [1.165, 1.54) is 12.8 Å². The van der Waals surface area contributed by atoms with Crippen LogP contribution in [-0.4, -0.2) is 55.4 Å². The van der Waals surface area contributed by atoms with Gasteiger partial charge in [0.1, 0.15) is 18.0 Å². The molecule has 0 bridgehead atoms. The van der Waals surface area contributed by atoms with E-state index in [0.29, 0.717) is 36.8 Å². The summed E-state index contributed by atoms with van der Waals surface area (Å²) in [4.78, 5) is 14.6. The Bertz CT molecular complexity index is 627. The Morgan fingerprint density at radius 3 is 2.37 bits per heavy atom. The van der Waals surface area contributed by atoms with Crippen molar-refractivity contribution in [1.82, 2.24) is 4.90 Å². The van der Waals surface area contributed by atoms with Gasteiger partial charge in [0.15, 0.2) is 11.5 Å². The molecule has 1 aromatic rings. The molecule has 1 amide bonds. The lowest BCUT2D eigenvalue weighted by atomic mass is 9.96. The van der Waals surface area contributed by atoms with Crippen LogP contribution < -0.4 is 14.2 Å². The Labute approximate surface area is 161 Å². The normalized spacial score (nSPS) is 24.2. The highest BCUT2D eigenvalue weighted by Crippen LogP contribution is 2.32. The fourth-order valence-electron chi connectivity index (χ4n) is 4.10. The van der Waals surface area contributed by atoms with Crippen molar-refractivity contribution >= 4 is 5.91 Å². The third kappa shape index (κ3) is 4.86. The monoisotopic (exact) mass is 377 g/mol. The van der Waals surface area contributed by atoms with Crippen LogP contribution in [0.25, 0.3) is 0 Å². The van der Waals surface area contributed by atoms with Gasteiger partial charge in [-0.3, -0.25) is 4.79 Å². The number of aliphatic hydroxyl groups is 1. The van der Waals surface area contributed by atoms with Crippen LogP contribution in [0.1, 0.15) is 44.9 Å². The molecule has 1 aromatic carbocycles. The molecule has 6 nitrogen and oxygen atoms in total. The Morgan fingerprint density at radius 2 is 1.74 bits per heavy atom. The number of amides is 1. The summed E-state index contributed by atoms with van der Waals surface area (Å²) in [7, 11) is 3.16. The number of carbonyl (C=O) groups excluding carboxylic acids is 1. The molecule has 0 unspecified atom stereocenters. The maximum absolute atomic E-state index is 12.8. The molecule has 150 valence electrons. The molecule has 27 heavy (non-hydrogen) atoms. The molecule has 1 heterocycles. The molecule has 0 aromatic heterocycles. The number of piperidine rings is 1. The molecule has 2 fully saturated rings. The van der Waals surface area contributed by atoms with Crippen LogP contribution in [-0.2, 0) is 4.79 Å². The Hall–Kier alpha value is -1.95. The van der Waals surface area contributed by atoms with E-state index in [1.54, 1.807) is 32.4 Å². The first-order valence-electron chi connectivity index (χ1n) is 9.98. The molecule has 0 spiro atoms. The standard InChI is InChI=1S/C21H31NO5/c1-25-19-10-9-16(13-20(19)26-2)27-18-11-12-22(14-17(18)23)21(24)15-7-5-3-4-6-8-15/h9-10,13,15,17-18,23H,3-8,11-12,14H2,1-2H3/t17-,18-/m1/s1. The molecule has 1 aliphatic heterocycles. The topological polar surface area (TPSA) is 68.2 Å². The van der Waals surface area contributed by atoms with E-state index in [1.807, 2.05) is 4.90 Å². The number of likely N-dealkylation sites (tertiary alicyclic amines) is 1. The molecular formula is C21H31NO5. The van der Waals surface area contributed by atoms with Gasteiger partial charge in [-0.15, -0.1) is 0 Å². The van der Waals surface area contributed by atoms with Crippen LogP contribution >= 0.6 is 0 Å². The number of ether oxygens (including phenoxy) is 3. The number of benzene rings is 1. The minimum Gasteiger partial charge on any atom is -0.493 e. The fourth-order valence-corrected chi connectivity index (χ4v) is 4.10. The molecule has 2 atom stereocenters. The van der Waals surface area contributed by atoms with Gasteiger partial charge in [0.25, 0.3) is 0 Å². The van der Waals surface area contributed by atoms with Crippen LogP contribution in [0, 0.1) is 5.92 Å². The first-order valence-corrected chi connectivity index (χ1v) is 9.98. The smallest absolute Gasteiger partial charge is 0.225 e. The van der Waals surface area contributed by atoms with Crippen molar-refractivity contribution in [3.63, 3.8) is 0 Å². The minimum absolute atomic E-state index is 0.128. The van der Waals surface area contributed by atoms with Crippen molar-refractivity contribution < 1.29 is 24.1 Å². The predicted octanol–water partition coefficient (Wildman–Crippen LogP) is 3.01. The molecule has 1 saturated carbocycles. The van der Waals surface area contributed by atoms with Gasteiger partial charge in [-0.05, 0) is 25.0 Å². The Morgan fingerprint density at radius 1 is 1.04 bits per heavy atom. The van der Waals surface area contributed by atoms with E-state index in [9.17, 15) is 9.90 Å². The van der Waals surface area contributed by atoms with E-state index in [-0.39, 0.29) is 17.9 Å². The second-order valence-corrected chi connectivity index (χ2v) is 7.50. The van der Waals surface area contributed by atoms with Crippen LogP contribution in [0.2, 0.25) is 0 Å². The number of nitrogens with zero attached hydrogens (tertiary/aromatic N) is 1. The molecule has 1 saturated heterocycles. The van der Waals surface area contributed by atoms with Crippen LogP contribution in [0.4, 0.5) is 0 Å². The van der Waals surface area contributed by atoms with Crippen LogP contribution in [0.3, 0.4) is 0 Å². The van der Waals surface area contributed by atoms with Gasteiger partial charge in [0, 0.05) is 24.9 Å². The number of methoxy groups -OCH3 is 2. The van der Waals surface area contributed by atoms with Gasteiger partial charge in [-0.1, -0.05) is 25.7 Å². The van der Waals surface area contributed by atoms with Crippen molar-refractivity contribution in [1.29, 1.82) is 0 Å². The molecule has 0 radical (unpaired) electrons. The third-order valence-corrected chi connectivity index (χ3v) is 5.68. The summed E-state index contributed by atoms with van der Waals surface area (Å²) in [5.74, 6) is 2.18. The third-order valence-electron chi connectivity index (χ3n) is 5.68. The SMILES string of the molecule is COc1ccc(O[C@@H]2CCN(C(=O)C3CCCCCC3)C[C@H]2O)cc1OC. The number of β-amino-alcohol motifs (C(OH)–C–C–N with tert-alkyl or cyclic N) is 1. The molecule has 2 aliphatic rings. The number of carbonyl (C=O) groups is 1. The number of aliphatic hydroxyl groups excluding tert-OH is 1. The largest absolute Gasteiger partial charge is 0.493 e. The van der Waals surface area contributed by atoms with E-state index in [0.717, 1.165) is 25.7 Å². The second kappa shape index (κ2) is 9.31. The molecular weight excluding hydrogens is 346 g/mol. The molecule has 3 rings (SSSR count). The van der Waals surface area contributed by atoms with Crippen molar-refractivity contribution in [2.75, 3.05) is 27.3 Å². The van der Waals surface area contributed by atoms with Gasteiger partial charge in [0.05, 0.1) is 20.8 Å². The summed E-state index contributed by atoms with van der Waals surface area (Å²) in [6, 6.07) is 5.34. The zero-order valence-corrected chi connectivity index (χ0v) is 16.4. The Balaban J connectivity index is 1.57. The average molecular weight is 377 g/mol. The first-order chi connectivity index (χ1) is 13.1. The van der Waals surface area contributed by atoms with Crippen LogP contribution in [0.5, 0.6) is 17.2 Å². The highest BCUT2D eigenvalue weighted by atomic mass is 16.5. The van der Waals surface area contributed by atoms with Gasteiger partial charge in [-0.25, -0.2) is 0 Å². The molecule has 1 aliphatic carbocycles. The highest BCUT2D eigenvalue weighted by Gasteiger charge is 2.34. The predicted molar refractivity (Wildman–Crippen MR) is 102 cm³/mol. The average Bonchev–Trinajstić information content (AvgIpc) is 2.98. The molecule has 1 N–H and O–H groups in total. The van der Waals surface area contributed by atoms with E-state index >= 15 is 0 Å². The quantitative estimate of drug-likeness (QED) is 0.799. The summed E-state index contributed by atoms with van der Waals surface area (Å²) in [5, 5.41) is 10.6. The van der Waals surface area contributed by atoms with Gasteiger partial charge < -0.3 is 24.2 Å². The maximum atomic E-state index is 12.8. The van der Waals surface area contributed by atoms with E-state index in [2.05, 4.69) is 0 Å². The number of hydrogen-bond donors (Lipinski definition) is 1. The zero-order chi connectivity index (χ0) is 19.2. The number of rotatable bonds is 5. The Kier molecular flexibility index (Phi) is 6.83. The van der Waals surface area contributed by atoms with Crippen molar-refractivity contribution in [3.05, 3.63) is 18.2 Å². The summed E-state index contributed by atoms with van der Waals surface area (Å²) < 4.78 is 16.5. The lowest BCUT2D eigenvalue weighted by molar-refractivity contribution is -0.141. The summed E-state index contributed by atoms with van der Waals surface area (Å²) in [6.45, 7) is 0.970. The summed E-state index contributed by atoms with van der Waals surface area (Å²) in [5.41, 5.74) is 0. The summed E-state index contributed by atoms with van der Waals surface area (Å²) in [6.07, 6.45) is 6.29. The van der Waals surface area contributed by atoms with E-state index in [4.69, 9.17) is 14.2 Å². The number of hydrogen-bond acceptors (Lipinski definition) is 5. The highest BCUT2D eigenvalue weighted by molar-refractivity contribution is 5.79. The van der Waals surface area contributed by atoms with Crippen molar-refractivity contribution in [2.24, 2.45) is 5.92 Å². The second-order valence-electron chi connectivity index (χ2n) is 7.50.